The van der Waals surface area contributed by atoms with Crippen LogP contribution in [0.5, 0.6) is 0 Å². The molecule has 0 aliphatic rings. The monoisotopic (exact) mass is 626 g/mol. The standard InChI is InChI=1S/C39H35N2O4P/c1-26(28-16-18-31(19-17-28)39(43)44)40-38(42)36-24-34(32-10-7-11-35(23-32)46(2,3)45)22-33-20-21-41(37(33)36)25-27-12-14-30(15-13-27)29-8-5-4-6-9-29/h4-24,26H,25H2,1-3H3,(H,40,42)(H,43,44)/t26-/m0/s1. The summed E-state index contributed by atoms with van der Waals surface area (Å²) in [6, 6.07) is 38.6. The molecule has 2 N–H and O–H groups in total. The van der Waals surface area contributed by atoms with Crippen LogP contribution in [0.25, 0.3) is 33.2 Å². The number of carbonyl (C=O) groups excluding carboxylic acids is 1. The van der Waals surface area contributed by atoms with Crippen molar-refractivity contribution in [1.82, 2.24) is 9.88 Å². The molecule has 0 bridgehead atoms. The van der Waals surface area contributed by atoms with E-state index in [1.807, 2.05) is 67.7 Å². The Balaban J connectivity index is 1.38. The Labute approximate surface area is 268 Å². The fourth-order valence-corrected chi connectivity index (χ4v) is 6.64. The van der Waals surface area contributed by atoms with Crippen LogP contribution in [0, 0.1) is 0 Å². The van der Waals surface area contributed by atoms with Gasteiger partial charge in [-0.05, 0) is 90.0 Å². The number of fused-ring (bicyclic) bond motifs is 1. The van der Waals surface area contributed by atoms with Crippen molar-refractivity contribution < 1.29 is 19.3 Å². The zero-order valence-electron chi connectivity index (χ0n) is 26.0. The number of amides is 1. The first kappa shape index (κ1) is 30.8. The maximum absolute atomic E-state index is 14.1. The summed E-state index contributed by atoms with van der Waals surface area (Å²) in [7, 11) is -2.49. The highest BCUT2D eigenvalue weighted by Crippen LogP contribution is 2.37. The van der Waals surface area contributed by atoms with Crippen LogP contribution in [-0.4, -0.2) is 34.9 Å². The van der Waals surface area contributed by atoms with Gasteiger partial charge in [-0.1, -0.05) is 84.9 Å². The summed E-state index contributed by atoms with van der Waals surface area (Å²) in [6.07, 6.45) is 2.01. The van der Waals surface area contributed by atoms with Gasteiger partial charge in [-0.2, -0.15) is 0 Å². The number of aromatic nitrogens is 1. The van der Waals surface area contributed by atoms with Crippen molar-refractivity contribution in [2.75, 3.05) is 13.3 Å². The van der Waals surface area contributed by atoms with Gasteiger partial charge in [0, 0.05) is 23.4 Å². The molecule has 230 valence electrons. The third kappa shape index (κ3) is 6.58. The smallest absolute Gasteiger partial charge is 0.335 e. The predicted molar refractivity (Wildman–Crippen MR) is 187 cm³/mol. The Morgan fingerprint density at radius 3 is 2.11 bits per heavy atom. The van der Waals surface area contributed by atoms with E-state index in [4.69, 9.17) is 0 Å². The third-order valence-electron chi connectivity index (χ3n) is 8.33. The van der Waals surface area contributed by atoms with Crippen molar-refractivity contribution in [3.05, 3.63) is 150 Å². The molecule has 0 saturated carbocycles. The Hall–Kier alpha value is -5.19. The molecule has 0 unspecified atom stereocenters. The number of carbonyl (C=O) groups is 2. The molecule has 5 aromatic carbocycles. The van der Waals surface area contributed by atoms with Crippen LogP contribution in [0.4, 0.5) is 0 Å². The third-order valence-corrected chi connectivity index (χ3v) is 9.85. The van der Waals surface area contributed by atoms with Crippen molar-refractivity contribution >= 4 is 35.2 Å². The number of hydrogen-bond acceptors (Lipinski definition) is 3. The molecular formula is C39H35N2O4P. The van der Waals surface area contributed by atoms with Gasteiger partial charge in [-0.25, -0.2) is 4.79 Å². The molecule has 0 aliphatic heterocycles. The van der Waals surface area contributed by atoms with Gasteiger partial charge in [0.15, 0.2) is 0 Å². The number of nitrogens with zero attached hydrogens (tertiary/aromatic N) is 1. The lowest BCUT2D eigenvalue weighted by Gasteiger charge is -2.17. The van der Waals surface area contributed by atoms with Crippen LogP contribution < -0.4 is 10.6 Å². The lowest BCUT2D eigenvalue weighted by molar-refractivity contribution is 0.0696. The average Bonchev–Trinajstić information content (AvgIpc) is 3.47. The van der Waals surface area contributed by atoms with E-state index in [1.165, 1.54) is 0 Å². The van der Waals surface area contributed by atoms with Crippen molar-refractivity contribution in [1.29, 1.82) is 0 Å². The van der Waals surface area contributed by atoms with Gasteiger partial charge >= 0.3 is 5.97 Å². The number of hydrogen-bond donors (Lipinski definition) is 2. The number of aromatic carboxylic acids is 1. The minimum Gasteiger partial charge on any atom is -0.478 e. The highest BCUT2D eigenvalue weighted by Gasteiger charge is 2.20. The summed E-state index contributed by atoms with van der Waals surface area (Å²) in [5, 5.41) is 14.1. The van der Waals surface area contributed by atoms with Gasteiger partial charge in [-0.3, -0.25) is 4.79 Å². The van der Waals surface area contributed by atoms with Crippen LogP contribution in [0.2, 0.25) is 0 Å². The fourth-order valence-electron chi connectivity index (χ4n) is 5.74. The molecule has 6 nitrogen and oxygen atoms in total. The molecule has 0 aliphatic carbocycles. The first-order chi connectivity index (χ1) is 22.1. The van der Waals surface area contributed by atoms with E-state index in [0.717, 1.165) is 49.6 Å². The maximum atomic E-state index is 14.1. The Morgan fingerprint density at radius 1 is 0.761 bits per heavy atom. The van der Waals surface area contributed by atoms with E-state index in [0.29, 0.717) is 12.1 Å². The zero-order valence-corrected chi connectivity index (χ0v) is 26.9. The van der Waals surface area contributed by atoms with E-state index >= 15 is 0 Å². The second-order valence-corrected chi connectivity index (χ2v) is 15.2. The molecule has 7 heteroatoms. The largest absolute Gasteiger partial charge is 0.478 e. The summed E-state index contributed by atoms with van der Waals surface area (Å²) in [5.74, 6) is -1.24. The molecule has 46 heavy (non-hydrogen) atoms. The molecular weight excluding hydrogens is 591 g/mol. The second-order valence-electron chi connectivity index (χ2n) is 12.0. The SMILES string of the molecule is C[C@H](NC(=O)c1cc(-c2cccc(P(C)(C)=O)c2)cc2ccn(Cc3ccc(-c4ccccc4)cc3)c12)c1ccc(C(=O)O)cc1. The fraction of sp³-hybridized carbons (Fsp3) is 0.128. The Morgan fingerprint density at radius 2 is 1.43 bits per heavy atom. The Kier molecular flexibility index (Phi) is 8.48. The van der Waals surface area contributed by atoms with E-state index in [-0.39, 0.29) is 17.5 Å². The molecule has 1 amide bonds. The van der Waals surface area contributed by atoms with Crippen molar-refractivity contribution in [2.24, 2.45) is 0 Å². The van der Waals surface area contributed by atoms with Crippen LogP contribution in [0.15, 0.2) is 128 Å². The summed E-state index contributed by atoms with van der Waals surface area (Å²) in [4.78, 5) is 25.4. The van der Waals surface area contributed by atoms with Crippen molar-refractivity contribution in [2.45, 2.75) is 19.5 Å². The molecule has 1 atom stereocenters. The molecule has 6 rings (SSSR count). The minimum atomic E-state index is -2.49. The number of carboxylic acid groups (broad SMARTS) is 1. The van der Waals surface area contributed by atoms with Gasteiger partial charge in [-0.15, -0.1) is 0 Å². The van der Waals surface area contributed by atoms with E-state index in [9.17, 15) is 19.3 Å². The average molecular weight is 627 g/mol. The van der Waals surface area contributed by atoms with Gasteiger partial charge in [0.2, 0.25) is 0 Å². The summed E-state index contributed by atoms with van der Waals surface area (Å²) < 4.78 is 15.0. The molecule has 0 fully saturated rings. The highest BCUT2D eigenvalue weighted by molar-refractivity contribution is 7.70. The van der Waals surface area contributed by atoms with Crippen molar-refractivity contribution in [3.8, 4) is 22.3 Å². The number of benzene rings is 5. The topological polar surface area (TPSA) is 88.4 Å². The van der Waals surface area contributed by atoms with Gasteiger partial charge in [0.25, 0.3) is 5.91 Å². The summed E-state index contributed by atoms with van der Waals surface area (Å²) in [6.45, 7) is 5.97. The summed E-state index contributed by atoms with van der Waals surface area (Å²) >= 11 is 0. The normalized spacial score (nSPS) is 12.2. The van der Waals surface area contributed by atoms with Crippen LogP contribution in [0.3, 0.4) is 0 Å². The molecule has 6 aromatic rings. The van der Waals surface area contributed by atoms with E-state index in [1.54, 1.807) is 37.6 Å². The first-order valence-corrected chi connectivity index (χ1v) is 17.7. The molecule has 0 spiro atoms. The molecule has 0 saturated heterocycles. The van der Waals surface area contributed by atoms with Crippen LogP contribution in [-0.2, 0) is 11.1 Å². The maximum Gasteiger partial charge on any atom is 0.335 e. The van der Waals surface area contributed by atoms with Crippen molar-refractivity contribution in [3.63, 3.8) is 0 Å². The van der Waals surface area contributed by atoms with E-state index < -0.39 is 13.1 Å². The zero-order chi connectivity index (χ0) is 32.4. The molecule has 1 aromatic heterocycles. The highest BCUT2D eigenvalue weighted by atomic mass is 31.2. The number of rotatable bonds is 9. The van der Waals surface area contributed by atoms with Crippen LogP contribution >= 0.6 is 7.14 Å². The van der Waals surface area contributed by atoms with Gasteiger partial charge in [0.1, 0.15) is 7.14 Å². The summed E-state index contributed by atoms with van der Waals surface area (Å²) in [5.41, 5.74) is 7.48. The quantitative estimate of drug-likeness (QED) is 0.158. The lowest BCUT2D eigenvalue weighted by atomic mass is 9.99. The molecule has 0 radical (unpaired) electrons. The number of nitrogens with one attached hydrogen (secondary N) is 1. The number of carboxylic acids is 1. The minimum absolute atomic E-state index is 0.192. The van der Waals surface area contributed by atoms with Crippen LogP contribution in [0.1, 0.15) is 44.8 Å². The lowest BCUT2D eigenvalue weighted by Crippen LogP contribution is -2.27. The van der Waals surface area contributed by atoms with E-state index in [2.05, 4.69) is 52.3 Å². The Bertz CT molecular complexity index is 2090. The predicted octanol–water partition coefficient (Wildman–Crippen LogP) is 8.46. The molecule has 1 heterocycles. The van der Waals surface area contributed by atoms with Gasteiger partial charge < -0.3 is 19.6 Å². The second kappa shape index (κ2) is 12.7. The first-order valence-electron chi connectivity index (χ1n) is 15.1. The van der Waals surface area contributed by atoms with Gasteiger partial charge in [0.05, 0.1) is 22.7 Å².